The van der Waals surface area contributed by atoms with Crippen LogP contribution in [-0.2, 0) is 9.59 Å². The molecule has 15 heavy (non-hydrogen) atoms. The molecule has 0 amide bonds. The van der Waals surface area contributed by atoms with Crippen molar-refractivity contribution in [1.82, 2.24) is 10.6 Å². The zero-order valence-electron chi connectivity index (χ0n) is 7.34. The third-order valence-corrected chi connectivity index (χ3v) is 1.31. The predicted molar refractivity (Wildman–Crippen MR) is 41.1 cm³/mol. The number of hydrogen-bond acceptors (Lipinski definition) is 4. The summed E-state index contributed by atoms with van der Waals surface area (Å²) >= 11 is 0. The van der Waals surface area contributed by atoms with Crippen molar-refractivity contribution in [3.05, 3.63) is 0 Å². The highest BCUT2D eigenvalue weighted by molar-refractivity contribution is 5.73. The average Bonchev–Trinajstić information content (AvgIpc) is 2.54. The maximum atomic E-state index is 10.6. The highest BCUT2D eigenvalue weighted by Crippen LogP contribution is 2.13. The number of rotatable bonds is 1. The molecule has 1 heterocycles. The molecule has 4 N–H and O–H groups in total. The molecule has 9 heteroatoms. The topological polar surface area (TPSA) is 98.7 Å². The van der Waals surface area contributed by atoms with Crippen molar-refractivity contribution in [3.63, 3.8) is 0 Å². The van der Waals surface area contributed by atoms with Crippen LogP contribution in [0.15, 0.2) is 0 Å². The molecule has 0 aliphatic carbocycles. The largest absolute Gasteiger partial charge is 0.490 e. The Balaban J connectivity index is 0.000000265. The fourth-order valence-corrected chi connectivity index (χ4v) is 0.680. The minimum atomic E-state index is -5.08. The van der Waals surface area contributed by atoms with Gasteiger partial charge in [-0.05, 0) is 0 Å². The van der Waals surface area contributed by atoms with Crippen LogP contribution in [0.3, 0.4) is 0 Å². The molecule has 0 aromatic rings. The van der Waals surface area contributed by atoms with E-state index in [2.05, 4.69) is 10.6 Å². The first-order valence-corrected chi connectivity index (χ1v) is 3.75. The first-order valence-electron chi connectivity index (χ1n) is 3.75. The summed E-state index contributed by atoms with van der Waals surface area (Å²) in [5.74, 6) is -3.59. The van der Waals surface area contributed by atoms with Crippen LogP contribution < -0.4 is 10.6 Å². The van der Waals surface area contributed by atoms with E-state index in [1.165, 1.54) is 0 Å². The van der Waals surface area contributed by atoms with E-state index in [0.717, 1.165) is 13.1 Å². The predicted octanol–water partition coefficient (Wildman–Crippen LogP) is -0.777. The molecular weight excluding hydrogens is 221 g/mol. The molecule has 1 saturated heterocycles. The first-order chi connectivity index (χ1) is 6.75. The van der Waals surface area contributed by atoms with Gasteiger partial charge in [0, 0.05) is 13.1 Å². The summed E-state index contributed by atoms with van der Waals surface area (Å²) in [7, 11) is 0. The van der Waals surface area contributed by atoms with Crippen LogP contribution in [0.25, 0.3) is 0 Å². The van der Waals surface area contributed by atoms with Gasteiger partial charge in [-0.2, -0.15) is 13.2 Å². The Labute approximate surface area is 82.1 Å². The van der Waals surface area contributed by atoms with E-state index in [1.54, 1.807) is 0 Å². The third-order valence-electron chi connectivity index (χ3n) is 1.31. The minimum Gasteiger partial charge on any atom is -0.479 e. The summed E-state index contributed by atoms with van der Waals surface area (Å²) in [6, 6.07) is 0. The Hall–Kier alpha value is -1.35. The molecule has 1 aliphatic rings. The van der Waals surface area contributed by atoms with E-state index in [-0.39, 0.29) is 0 Å². The lowest BCUT2D eigenvalue weighted by Gasteiger charge is -2.00. The summed E-state index contributed by atoms with van der Waals surface area (Å²) in [5.41, 5.74) is 0. The molecule has 0 aromatic heterocycles. The number of carboxylic acids is 2. The lowest BCUT2D eigenvalue weighted by molar-refractivity contribution is -0.192. The molecule has 0 spiro atoms. The van der Waals surface area contributed by atoms with Gasteiger partial charge in [-0.25, -0.2) is 9.59 Å². The van der Waals surface area contributed by atoms with Crippen molar-refractivity contribution in [3.8, 4) is 0 Å². The van der Waals surface area contributed by atoms with E-state index in [4.69, 9.17) is 15.0 Å². The second-order valence-electron chi connectivity index (χ2n) is 2.48. The van der Waals surface area contributed by atoms with Crippen LogP contribution in [0.5, 0.6) is 0 Å². The molecule has 0 saturated carbocycles. The molecule has 0 unspecified atom stereocenters. The monoisotopic (exact) mass is 230 g/mol. The summed E-state index contributed by atoms with van der Waals surface area (Å²) in [5, 5.41) is 20.9. The molecular formula is C6H9F3N2O4. The standard InChI is InChI=1S/C4H8N2O2.C2HF3O2/c7-4(8)3-5-1-2-6-3;3-2(4,5)1(6)7/h3,5-6H,1-2H2,(H,7,8);(H,6,7). The van der Waals surface area contributed by atoms with Gasteiger partial charge in [-0.15, -0.1) is 0 Å². The molecule has 0 bridgehead atoms. The zero-order valence-corrected chi connectivity index (χ0v) is 7.34. The Morgan fingerprint density at radius 1 is 1.13 bits per heavy atom. The van der Waals surface area contributed by atoms with Gasteiger partial charge < -0.3 is 10.2 Å². The number of halogens is 3. The van der Waals surface area contributed by atoms with Crippen molar-refractivity contribution >= 4 is 11.9 Å². The van der Waals surface area contributed by atoms with Gasteiger partial charge >= 0.3 is 18.1 Å². The van der Waals surface area contributed by atoms with Gasteiger partial charge in [0.25, 0.3) is 0 Å². The minimum absolute atomic E-state index is 0.519. The second kappa shape index (κ2) is 5.51. The van der Waals surface area contributed by atoms with Crippen LogP contribution in [0.2, 0.25) is 0 Å². The van der Waals surface area contributed by atoms with Crippen LogP contribution in [-0.4, -0.2) is 47.6 Å². The number of aliphatic carboxylic acids is 2. The van der Waals surface area contributed by atoms with Crippen molar-refractivity contribution in [2.75, 3.05) is 13.1 Å². The lowest BCUT2D eigenvalue weighted by Crippen LogP contribution is -2.38. The van der Waals surface area contributed by atoms with E-state index >= 15 is 0 Å². The Bertz CT molecular complexity index is 237. The van der Waals surface area contributed by atoms with Gasteiger partial charge in [0.15, 0.2) is 6.17 Å². The fraction of sp³-hybridized carbons (Fsp3) is 0.667. The first kappa shape index (κ1) is 13.7. The van der Waals surface area contributed by atoms with E-state index in [0.29, 0.717) is 0 Å². The number of alkyl halides is 3. The summed E-state index contributed by atoms with van der Waals surface area (Å²) in [6.45, 7) is 1.49. The van der Waals surface area contributed by atoms with Crippen molar-refractivity contribution in [2.45, 2.75) is 12.3 Å². The zero-order chi connectivity index (χ0) is 12.1. The van der Waals surface area contributed by atoms with Crippen LogP contribution in [0, 0.1) is 0 Å². The number of carboxylic acid groups (broad SMARTS) is 2. The summed E-state index contributed by atoms with van der Waals surface area (Å²) in [4.78, 5) is 19.0. The number of nitrogens with one attached hydrogen (secondary N) is 2. The van der Waals surface area contributed by atoms with Crippen molar-refractivity contribution in [1.29, 1.82) is 0 Å². The third kappa shape index (κ3) is 5.86. The summed E-state index contributed by atoms with van der Waals surface area (Å²) in [6.07, 6.45) is -5.60. The molecule has 88 valence electrons. The van der Waals surface area contributed by atoms with E-state index < -0.39 is 24.3 Å². The molecule has 1 aliphatic heterocycles. The second-order valence-corrected chi connectivity index (χ2v) is 2.48. The molecule has 1 fully saturated rings. The average molecular weight is 230 g/mol. The Morgan fingerprint density at radius 3 is 1.60 bits per heavy atom. The molecule has 6 nitrogen and oxygen atoms in total. The number of carbonyl (C=O) groups is 2. The van der Waals surface area contributed by atoms with E-state index in [9.17, 15) is 18.0 Å². The smallest absolute Gasteiger partial charge is 0.479 e. The maximum Gasteiger partial charge on any atom is 0.490 e. The molecule has 1 rings (SSSR count). The maximum absolute atomic E-state index is 10.6. The van der Waals surface area contributed by atoms with Gasteiger partial charge in [-0.3, -0.25) is 10.6 Å². The molecule has 0 atom stereocenters. The van der Waals surface area contributed by atoms with Gasteiger partial charge in [0.2, 0.25) is 0 Å². The SMILES string of the molecule is O=C(O)C(F)(F)F.O=C(O)C1NCCN1. The van der Waals surface area contributed by atoms with Gasteiger partial charge in [-0.1, -0.05) is 0 Å². The lowest BCUT2D eigenvalue weighted by atomic mass is 10.5. The highest BCUT2D eigenvalue weighted by atomic mass is 19.4. The van der Waals surface area contributed by atoms with Crippen LogP contribution in [0.1, 0.15) is 0 Å². The molecule has 0 aromatic carbocycles. The van der Waals surface area contributed by atoms with Crippen LogP contribution >= 0.6 is 0 Å². The summed E-state index contributed by atoms with van der Waals surface area (Å²) < 4.78 is 31.7. The highest BCUT2D eigenvalue weighted by Gasteiger charge is 2.38. The quantitative estimate of drug-likeness (QED) is 0.472. The Morgan fingerprint density at radius 2 is 1.47 bits per heavy atom. The fourth-order valence-electron chi connectivity index (χ4n) is 0.680. The van der Waals surface area contributed by atoms with Crippen LogP contribution in [0.4, 0.5) is 13.2 Å². The Kier molecular flexibility index (Phi) is 5.02. The van der Waals surface area contributed by atoms with Gasteiger partial charge in [0.05, 0.1) is 0 Å². The van der Waals surface area contributed by atoms with E-state index in [1.807, 2.05) is 0 Å². The van der Waals surface area contributed by atoms with Gasteiger partial charge in [0.1, 0.15) is 0 Å². The normalized spacial score (nSPS) is 16.7. The molecule has 0 radical (unpaired) electrons. The number of hydrogen-bond donors (Lipinski definition) is 4. The van der Waals surface area contributed by atoms with Crippen molar-refractivity contribution < 1.29 is 33.0 Å². The van der Waals surface area contributed by atoms with Crippen molar-refractivity contribution in [2.24, 2.45) is 0 Å².